The summed E-state index contributed by atoms with van der Waals surface area (Å²) in [5.41, 5.74) is 1.54. The maximum absolute atomic E-state index is 11.8. The van der Waals surface area contributed by atoms with Crippen LogP contribution in [0.5, 0.6) is 0 Å². The molecule has 10 heteroatoms. The molecule has 0 fully saturated rings. The fourth-order valence-electron chi connectivity index (χ4n) is 2.91. The van der Waals surface area contributed by atoms with Gasteiger partial charge in [0.05, 0.1) is 16.0 Å². The van der Waals surface area contributed by atoms with E-state index in [1.165, 1.54) is 30.6 Å². The molecule has 0 spiro atoms. The lowest BCUT2D eigenvalue weighted by Crippen LogP contribution is -2.06. The van der Waals surface area contributed by atoms with E-state index in [1.807, 2.05) is 12.1 Å². The number of rotatable bonds is 6. The predicted molar refractivity (Wildman–Crippen MR) is 110 cm³/mol. The summed E-state index contributed by atoms with van der Waals surface area (Å²) in [4.78, 5) is 34.5. The summed E-state index contributed by atoms with van der Waals surface area (Å²) in [7, 11) is 0. The fraction of sp³-hybridized carbons (Fsp3) is 0. The third-order valence-electron chi connectivity index (χ3n) is 4.30. The van der Waals surface area contributed by atoms with Crippen molar-refractivity contribution in [3.63, 3.8) is 0 Å². The lowest BCUT2D eigenvalue weighted by Gasteiger charge is -2.11. The second-order valence-corrected chi connectivity index (χ2v) is 6.18. The second-order valence-electron chi connectivity index (χ2n) is 6.18. The Morgan fingerprint density at radius 1 is 0.933 bits per heavy atom. The van der Waals surface area contributed by atoms with Crippen LogP contribution in [-0.4, -0.2) is 31.0 Å². The van der Waals surface area contributed by atoms with E-state index in [2.05, 4.69) is 25.6 Å². The number of nitrogens with one attached hydrogen (secondary N) is 2. The zero-order chi connectivity index (χ0) is 21.1. The van der Waals surface area contributed by atoms with Crippen LogP contribution in [0.2, 0.25) is 0 Å². The molecule has 2 aromatic heterocycles. The Labute approximate surface area is 169 Å². The highest BCUT2D eigenvalue weighted by molar-refractivity contribution is 5.94. The molecular formula is C20H14N6O4. The average molecular weight is 402 g/mol. The van der Waals surface area contributed by atoms with Gasteiger partial charge < -0.3 is 15.7 Å². The Hall–Kier alpha value is -4.60. The van der Waals surface area contributed by atoms with Gasteiger partial charge in [0.1, 0.15) is 6.33 Å². The highest BCUT2D eigenvalue weighted by Gasteiger charge is 2.24. The third-order valence-corrected chi connectivity index (χ3v) is 4.30. The van der Waals surface area contributed by atoms with Gasteiger partial charge >= 0.3 is 11.7 Å². The van der Waals surface area contributed by atoms with Gasteiger partial charge in [0, 0.05) is 23.0 Å². The first-order chi connectivity index (χ1) is 14.5. The minimum Gasteiger partial charge on any atom is -0.478 e. The zero-order valence-electron chi connectivity index (χ0n) is 15.3. The van der Waals surface area contributed by atoms with Crippen LogP contribution >= 0.6 is 0 Å². The average Bonchev–Trinajstić information content (AvgIpc) is 2.74. The molecule has 0 saturated carbocycles. The second kappa shape index (κ2) is 7.80. The summed E-state index contributed by atoms with van der Waals surface area (Å²) in [6.07, 6.45) is 2.86. The molecule has 30 heavy (non-hydrogen) atoms. The number of anilines is 4. The molecule has 0 aliphatic carbocycles. The van der Waals surface area contributed by atoms with E-state index in [0.29, 0.717) is 11.4 Å². The zero-order valence-corrected chi connectivity index (χ0v) is 15.3. The smallest absolute Gasteiger partial charge is 0.353 e. The SMILES string of the molecule is O=C(O)c1ccc(Nc2ncnc(Nc3cccc4ncccc34)c2[N+](=O)[O-])cc1. The molecule has 3 N–H and O–H groups in total. The van der Waals surface area contributed by atoms with E-state index >= 15 is 0 Å². The van der Waals surface area contributed by atoms with Crippen LogP contribution in [-0.2, 0) is 0 Å². The number of carboxylic acid groups (broad SMARTS) is 1. The fourth-order valence-corrected chi connectivity index (χ4v) is 2.91. The van der Waals surface area contributed by atoms with Crippen molar-refractivity contribution in [2.45, 2.75) is 0 Å². The minimum atomic E-state index is -1.06. The number of hydrogen-bond acceptors (Lipinski definition) is 8. The number of fused-ring (bicyclic) bond motifs is 1. The molecule has 0 radical (unpaired) electrons. The van der Waals surface area contributed by atoms with Crippen molar-refractivity contribution in [1.29, 1.82) is 0 Å². The maximum Gasteiger partial charge on any atom is 0.353 e. The van der Waals surface area contributed by atoms with Gasteiger partial charge in [-0.05, 0) is 48.5 Å². The van der Waals surface area contributed by atoms with E-state index in [9.17, 15) is 14.9 Å². The van der Waals surface area contributed by atoms with Crippen LogP contribution in [0.3, 0.4) is 0 Å². The van der Waals surface area contributed by atoms with Gasteiger partial charge in [-0.25, -0.2) is 14.8 Å². The van der Waals surface area contributed by atoms with E-state index in [4.69, 9.17) is 5.11 Å². The minimum absolute atomic E-state index is 0.0102. The molecule has 10 nitrogen and oxygen atoms in total. The molecule has 4 rings (SSSR count). The lowest BCUT2D eigenvalue weighted by atomic mass is 10.2. The molecule has 2 heterocycles. The number of nitro groups is 1. The Balaban J connectivity index is 1.71. The quantitative estimate of drug-likeness (QED) is 0.320. The molecule has 0 amide bonds. The van der Waals surface area contributed by atoms with Gasteiger partial charge in [-0.3, -0.25) is 15.1 Å². The number of aromatic carboxylic acids is 1. The van der Waals surface area contributed by atoms with Crippen molar-refractivity contribution in [1.82, 2.24) is 15.0 Å². The van der Waals surface area contributed by atoms with Gasteiger partial charge in [-0.2, -0.15) is 0 Å². The highest BCUT2D eigenvalue weighted by Crippen LogP contribution is 2.34. The summed E-state index contributed by atoms with van der Waals surface area (Å²) in [5.74, 6) is -1.08. The van der Waals surface area contributed by atoms with Crippen molar-refractivity contribution >= 4 is 45.6 Å². The lowest BCUT2D eigenvalue weighted by molar-refractivity contribution is -0.383. The van der Waals surface area contributed by atoms with Crippen molar-refractivity contribution in [3.05, 3.63) is 82.8 Å². The first-order valence-corrected chi connectivity index (χ1v) is 8.73. The summed E-state index contributed by atoms with van der Waals surface area (Å²) < 4.78 is 0. The summed E-state index contributed by atoms with van der Waals surface area (Å²) in [6, 6.07) is 14.8. The number of aromatic nitrogens is 3. The Morgan fingerprint density at radius 3 is 2.37 bits per heavy atom. The van der Waals surface area contributed by atoms with E-state index in [0.717, 1.165) is 10.9 Å². The first-order valence-electron chi connectivity index (χ1n) is 8.73. The number of carboxylic acids is 1. The van der Waals surface area contributed by atoms with Gasteiger partial charge in [0.15, 0.2) is 0 Å². The van der Waals surface area contributed by atoms with Crippen LogP contribution in [0, 0.1) is 10.1 Å². The molecule has 0 aliphatic rings. The molecule has 0 aliphatic heterocycles. The maximum atomic E-state index is 11.8. The van der Waals surface area contributed by atoms with Crippen molar-refractivity contribution in [2.75, 3.05) is 10.6 Å². The number of hydrogen-bond donors (Lipinski definition) is 3. The van der Waals surface area contributed by atoms with E-state index < -0.39 is 10.9 Å². The number of benzene rings is 2. The number of carbonyl (C=O) groups is 1. The number of nitrogens with zero attached hydrogens (tertiary/aromatic N) is 4. The first kappa shape index (κ1) is 18.7. The van der Waals surface area contributed by atoms with Crippen molar-refractivity contribution in [3.8, 4) is 0 Å². The van der Waals surface area contributed by atoms with Crippen molar-refractivity contribution in [2.24, 2.45) is 0 Å². The van der Waals surface area contributed by atoms with Gasteiger partial charge in [-0.15, -0.1) is 0 Å². The molecular weight excluding hydrogens is 388 g/mol. The third kappa shape index (κ3) is 3.69. The standard InChI is InChI=1S/C20H14N6O4/c27-20(28)12-6-8-13(9-7-12)24-18-17(26(29)30)19(23-11-22-18)25-16-5-1-4-15-14(16)3-2-10-21-15/h1-11H,(H,27,28)(H2,22,23,24,25). The van der Waals surface area contributed by atoms with Crippen LogP contribution < -0.4 is 10.6 Å². The molecule has 148 valence electrons. The van der Waals surface area contributed by atoms with Crippen LogP contribution in [0.1, 0.15) is 10.4 Å². The topological polar surface area (TPSA) is 143 Å². The molecule has 0 atom stereocenters. The van der Waals surface area contributed by atoms with Crippen molar-refractivity contribution < 1.29 is 14.8 Å². The monoisotopic (exact) mass is 402 g/mol. The summed E-state index contributed by atoms with van der Waals surface area (Å²) in [6.45, 7) is 0. The van der Waals surface area contributed by atoms with Crippen LogP contribution in [0.4, 0.5) is 28.7 Å². The molecule has 0 unspecified atom stereocenters. The molecule has 4 aromatic rings. The summed E-state index contributed by atoms with van der Waals surface area (Å²) in [5, 5.41) is 27.4. The van der Waals surface area contributed by atoms with Crippen LogP contribution in [0.15, 0.2) is 67.1 Å². The van der Waals surface area contributed by atoms with Gasteiger partial charge in [0.2, 0.25) is 11.6 Å². The Morgan fingerprint density at radius 2 is 1.67 bits per heavy atom. The van der Waals surface area contributed by atoms with E-state index in [1.54, 1.807) is 24.4 Å². The predicted octanol–water partition coefficient (Wildman–Crippen LogP) is 4.12. The molecule has 0 bridgehead atoms. The Bertz CT molecular complexity index is 1250. The van der Waals surface area contributed by atoms with Gasteiger partial charge in [-0.1, -0.05) is 6.07 Å². The number of pyridine rings is 1. The summed E-state index contributed by atoms with van der Waals surface area (Å²) >= 11 is 0. The largest absolute Gasteiger partial charge is 0.478 e. The molecule has 0 saturated heterocycles. The highest BCUT2D eigenvalue weighted by atomic mass is 16.6. The normalized spacial score (nSPS) is 10.5. The Kier molecular flexibility index (Phi) is 4.87. The van der Waals surface area contributed by atoms with Crippen LogP contribution in [0.25, 0.3) is 10.9 Å². The van der Waals surface area contributed by atoms with Gasteiger partial charge in [0.25, 0.3) is 0 Å². The van der Waals surface area contributed by atoms with E-state index in [-0.39, 0.29) is 22.9 Å². The molecule has 2 aromatic carbocycles.